The predicted molar refractivity (Wildman–Crippen MR) is 182 cm³/mol. The smallest absolute Gasteiger partial charge is 0.308 e. The van der Waals surface area contributed by atoms with E-state index < -0.39 is 0 Å². The highest BCUT2D eigenvalue weighted by Crippen LogP contribution is 2.24. The van der Waals surface area contributed by atoms with Gasteiger partial charge in [0.1, 0.15) is 6.10 Å². The van der Waals surface area contributed by atoms with Crippen molar-refractivity contribution in [2.45, 2.75) is 156 Å². The van der Waals surface area contributed by atoms with Crippen LogP contribution in [0.3, 0.4) is 0 Å². The van der Waals surface area contributed by atoms with Gasteiger partial charge in [-0.15, -0.1) is 0 Å². The zero-order valence-electron chi connectivity index (χ0n) is 28.3. The second-order valence-electron chi connectivity index (χ2n) is 12.2. The lowest BCUT2D eigenvalue weighted by molar-refractivity contribution is -0.156. The Morgan fingerprint density at radius 1 is 0.634 bits per heavy atom. The monoisotopic (exact) mass is 572 g/mol. The first-order valence-electron chi connectivity index (χ1n) is 17.4. The van der Waals surface area contributed by atoms with Crippen molar-refractivity contribution < 1.29 is 9.53 Å². The van der Waals surface area contributed by atoms with Gasteiger partial charge in [0.25, 0.3) is 0 Å². The van der Waals surface area contributed by atoms with E-state index in [1.54, 1.807) is 0 Å². The van der Waals surface area contributed by atoms with Crippen LogP contribution in [0.15, 0.2) is 48.6 Å². The molecule has 41 heavy (non-hydrogen) atoms. The summed E-state index contributed by atoms with van der Waals surface area (Å²) in [4.78, 5) is 15.4. The Balaban J connectivity index is 5.43. The Hall–Kier alpha value is -1.61. The minimum atomic E-state index is -0.0817. The van der Waals surface area contributed by atoms with Crippen LogP contribution in [0.2, 0.25) is 0 Å². The molecule has 0 rings (SSSR count). The van der Waals surface area contributed by atoms with Crippen LogP contribution >= 0.6 is 0 Å². The molecule has 3 nitrogen and oxygen atoms in total. The second kappa shape index (κ2) is 29.9. The Bertz CT molecular complexity index is 690. The third-order valence-corrected chi connectivity index (χ3v) is 7.79. The molecule has 0 aromatic rings. The van der Waals surface area contributed by atoms with Gasteiger partial charge in [-0.1, -0.05) is 121 Å². The highest BCUT2D eigenvalue weighted by Gasteiger charge is 2.25. The zero-order valence-corrected chi connectivity index (χ0v) is 28.3. The standard InChI is InChI=1S/C38H69NO2/c1-7-10-13-16-19-22-24-27-32-36(31-26-23-20-17-14-11-8-2)37(33-28-25-21-18-15-12-9-3)41-38(40)35(4)30-29-34-39(5)6/h20-25,27,32,35-37H,7-19,26,28-31,33-34H2,1-6H3/b23-20-,24-22-,25-21-,32-27-. The van der Waals surface area contributed by atoms with E-state index in [0.717, 1.165) is 57.9 Å². The highest BCUT2D eigenvalue weighted by atomic mass is 16.5. The van der Waals surface area contributed by atoms with Gasteiger partial charge in [-0.3, -0.25) is 4.79 Å². The first kappa shape index (κ1) is 39.4. The number of unbranched alkanes of at least 4 members (excludes halogenated alkanes) is 10. The van der Waals surface area contributed by atoms with Gasteiger partial charge < -0.3 is 9.64 Å². The van der Waals surface area contributed by atoms with Crippen LogP contribution in [-0.4, -0.2) is 37.6 Å². The molecule has 0 saturated heterocycles. The maximum absolute atomic E-state index is 13.2. The van der Waals surface area contributed by atoms with Gasteiger partial charge in [-0.2, -0.15) is 0 Å². The summed E-state index contributed by atoms with van der Waals surface area (Å²) in [5.41, 5.74) is 0. The normalized spacial score (nSPS) is 14.7. The molecule has 0 N–H and O–H groups in total. The summed E-state index contributed by atoms with van der Waals surface area (Å²) in [5.74, 6) is 0.139. The van der Waals surface area contributed by atoms with Gasteiger partial charge in [0, 0.05) is 5.92 Å². The number of nitrogens with zero attached hydrogens (tertiary/aromatic N) is 1. The van der Waals surface area contributed by atoms with Gasteiger partial charge >= 0.3 is 5.97 Å². The van der Waals surface area contributed by atoms with E-state index in [4.69, 9.17) is 4.74 Å². The number of carbonyl (C=O) groups is 1. The lowest BCUT2D eigenvalue weighted by atomic mass is 9.92. The Morgan fingerprint density at radius 3 is 1.78 bits per heavy atom. The van der Waals surface area contributed by atoms with E-state index in [2.05, 4.69) is 88.4 Å². The number of hydrogen-bond donors (Lipinski definition) is 0. The number of carbonyl (C=O) groups excluding carboxylic acids is 1. The largest absolute Gasteiger partial charge is 0.462 e. The van der Waals surface area contributed by atoms with Crippen LogP contribution < -0.4 is 0 Å². The van der Waals surface area contributed by atoms with Gasteiger partial charge in [0.05, 0.1) is 5.92 Å². The summed E-state index contributed by atoms with van der Waals surface area (Å²) < 4.78 is 6.32. The van der Waals surface area contributed by atoms with Crippen molar-refractivity contribution >= 4 is 5.97 Å². The van der Waals surface area contributed by atoms with Crippen LogP contribution in [0.25, 0.3) is 0 Å². The predicted octanol–water partition coefficient (Wildman–Crippen LogP) is 11.4. The van der Waals surface area contributed by atoms with E-state index >= 15 is 0 Å². The molecule has 0 aliphatic rings. The summed E-state index contributed by atoms with van der Waals surface area (Å²) in [7, 11) is 4.17. The van der Waals surface area contributed by atoms with Crippen molar-refractivity contribution in [2.75, 3.05) is 20.6 Å². The van der Waals surface area contributed by atoms with E-state index in [1.165, 1.54) is 70.6 Å². The second-order valence-corrected chi connectivity index (χ2v) is 12.2. The Kier molecular flexibility index (Phi) is 28.7. The van der Waals surface area contributed by atoms with Crippen LogP contribution in [-0.2, 0) is 9.53 Å². The first-order valence-corrected chi connectivity index (χ1v) is 17.4. The van der Waals surface area contributed by atoms with Crippen LogP contribution in [0, 0.1) is 11.8 Å². The highest BCUT2D eigenvalue weighted by molar-refractivity contribution is 5.72. The van der Waals surface area contributed by atoms with Crippen molar-refractivity contribution in [2.24, 2.45) is 11.8 Å². The van der Waals surface area contributed by atoms with E-state index in [0.29, 0.717) is 0 Å². The van der Waals surface area contributed by atoms with E-state index in [9.17, 15) is 4.79 Å². The molecule has 0 amide bonds. The molecular formula is C38H69NO2. The molecule has 0 fully saturated rings. The van der Waals surface area contributed by atoms with Gasteiger partial charge in [-0.25, -0.2) is 0 Å². The van der Waals surface area contributed by atoms with Gasteiger partial charge in [0.2, 0.25) is 0 Å². The fourth-order valence-electron chi connectivity index (χ4n) is 4.98. The molecule has 0 aliphatic heterocycles. The zero-order chi connectivity index (χ0) is 30.4. The molecule has 0 aromatic heterocycles. The lowest BCUT2D eigenvalue weighted by Gasteiger charge is -2.26. The Morgan fingerprint density at radius 2 is 1.17 bits per heavy atom. The van der Waals surface area contributed by atoms with Crippen molar-refractivity contribution in [1.29, 1.82) is 0 Å². The summed E-state index contributed by atoms with van der Waals surface area (Å²) in [5, 5.41) is 0. The maximum atomic E-state index is 13.2. The lowest BCUT2D eigenvalue weighted by Crippen LogP contribution is -2.29. The summed E-state index contributed by atoms with van der Waals surface area (Å²) in [6.07, 6.45) is 40.3. The molecule has 0 aliphatic carbocycles. The van der Waals surface area contributed by atoms with Crippen molar-refractivity contribution in [1.82, 2.24) is 4.90 Å². The average Bonchev–Trinajstić information content (AvgIpc) is 2.95. The molecule has 238 valence electrons. The summed E-state index contributed by atoms with van der Waals surface area (Å²) in [6, 6.07) is 0. The number of rotatable bonds is 28. The van der Waals surface area contributed by atoms with Gasteiger partial charge in [0.15, 0.2) is 0 Å². The minimum Gasteiger partial charge on any atom is -0.462 e. The molecule has 0 aromatic carbocycles. The maximum Gasteiger partial charge on any atom is 0.308 e. The van der Waals surface area contributed by atoms with E-state index in [1.807, 2.05) is 6.92 Å². The van der Waals surface area contributed by atoms with Gasteiger partial charge in [-0.05, 0) is 97.7 Å². The molecule has 0 heterocycles. The van der Waals surface area contributed by atoms with Crippen LogP contribution in [0.5, 0.6) is 0 Å². The minimum absolute atomic E-state index is 0.0272. The number of ether oxygens (including phenoxy) is 1. The molecule has 3 unspecified atom stereocenters. The SMILES string of the molecule is CCCCC/C=C\CCC(/C=C\C=C/CCCCCC)C(CC/C=C\CCCCC)OC(=O)C(C)CCCN(C)C. The summed E-state index contributed by atoms with van der Waals surface area (Å²) in [6.45, 7) is 9.80. The van der Waals surface area contributed by atoms with Crippen molar-refractivity contribution in [3.63, 3.8) is 0 Å². The molecular weight excluding hydrogens is 502 g/mol. The van der Waals surface area contributed by atoms with Crippen LogP contribution in [0.1, 0.15) is 150 Å². The quantitative estimate of drug-likeness (QED) is 0.0405. The molecule has 0 bridgehead atoms. The molecule has 3 heteroatoms. The third-order valence-electron chi connectivity index (χ3n) is 7.79. The molecule has 0 saturated carbocycles. The Labute approximate surface area is 257 Å². The number of hydrogen-bond acceptors (Lipinski definition) is 3. The van der Waals surface area contributed by atoms with Crippen molar-refractivity contribution in [3.05, 3.63) is 48.6 Å². The van der Waals surface area contributed by atoms with Crippen LogP contribution in [0.4, 0.5) is 0 Å². The fraction of sp³-hybridized carbons (Fsp3) is 0.763. The third kappa shape index (κ3) is 25.8. The topological polar surface area (TPSA) is 29.5 Å². The molecule has 0 spiro atoms. The van der Waals surface area contributed by atoms with E-state index in [-0.39, 0.29) is 23.9 Å². The number of esters is 1. The summed E-state index contributed by atoms with van der Waals surface area (Å²) >= 11 is 0. The molecule has 0 radical (unpaired) electrons. The first-order chi connectivity index (χ1) is 20.0. The molecule has 3 atom stereocenters. The average molecular weight is 572 g/mol. The number of allylic oxidation sites excluding steroid dienone is 7. The van der Waals surface area contributed by atoms with Crippen molar-refractivity contribution in [3.8, 4) is 0 Å². The fourth-order valence-corrected chi connectivity index (χ4v) is 4.98.